The van der Waals surface area contributed by atoms with E-state index in [1.54, 1.807) is 4.90 Å². The summed E-state index contributed by atoms with van der Waals surface area (Å²) in [5.74, 6) is 1.00. The summed E-state index contributed by atoms with van der Waals surface area (Å²) in [5.41, 5.74) is 1.22. The number of halogens is 3. The van der Waals surface area contributed by atoms with Crippen molar-refractivity contribution in [2.75, 3.05) is 69.2 Å². The molecule has 33 heavy (non-hydrogen) atoms. The van der Waals surface area contributed by atoms with Crippen molar-refractivity contribution in [1.29, 1.82) is 0 Å². The second-order valence-electron chi connectivity index (χ2n) is 8.31. The van der Waals surface area contributed by atoms with Gasteiger partial charge in [0.2, 0.25) is 5.95 Å². The first-order valence-corrected chi connectivity index (χ1v) is 10.9. The number of carbonyl (C=O) groups is 1. The summed E-state index contributed by atoms with van der Waals surface area (Å²) in [6.07, 6.45) is -4.76. The standard InChI is InChI=1S/C22H27F3N6O2/c1-16-15-19(29-9-7-28(2)8-10-29)27-21(26-16)31-13-11-30(12-14-31)20(32)17-3-5-18(6-4-17)33-22(23,24)25/h3-6,15H,7-14H2,1-2H3. The third-order valence-corrected chi connectivity index (χ3v) is 5.84. The number of likely N-dealkylation sites (N-methyl/N-ethyl adjacent to an activating group) is 1. The summed E-state index contributed by atoms with van der Waals surface area (Å²) < 4.78 is 40.8. The zero-order valence-corrected chi connectivity index (χ0v) is 18.7. The number of benzene rings is 1. The Balaban J connectivity index is 1.37. The maximum absolute atomic E-state index is 12.8. The highest BCUT2D eigenvalue weighted by Gasteiger charge is 2.31. The van der Waals surface area contributed by atoms with Crippen LogP contribution in [0.3, 0.4) is 0 Å². The Morgan fingerprint density at radius 1 is 0.909 bits per heavy atom. The van der Waals surface area contributed by atoms with Gasteiger partial charge in [0, 0.05) is 69.7 Å². The summed E-state index contributed by atoms with van der Waals surface area (Å²) in [6.45, 7) is 7.87. The summed E-state index contributed by atoms with van der Waals surface area (Å²) in [4.78, 5) is 30.5. The third-order valence-electron chi connectivity index (χ3n) is 5.84. The monoisotopic (exact) mass is 464 g/mol. The second-order valence-corrected chi connectivity index (χ2v) is 8.31. The molecule has 0 aliphatic carbocycles. The van der Waals surface area contributed by atoms with Crippen LogP contribution in [0.25, 0.3) is 0 Å². The van der Waals surface area contributed by atoms with Crippen LogP contribution in [0.15, 0.2) is 30.3 Å². The van der Waals surface area contributed by atoms with E-state index in [1.165, 1.54) is 12.1 Å². The van der Waals surface area contributed by atoms with E-state index in [-0.39, 0.29) is 11.7 Å². The van der Waals surface area contributed by atoms with Gasteiger partial charge in [0.05, 0.1) is 0 Å². The fraction of sp³-hybridized carbons (Fsp3) is 0.500. The topological polar surface area (TPSA) is 65.0 Å². The van der Waals surface area contributed by atoms with Gasteiger partial charge in [0.25, 0.3) is 5.91 Å². The zero-order chi connectivity index (χ0) is 23.6. The molecule has 1 aromatic heterocycles. The number of amides is 1. The number of nitrogens with zero attached hydrogens (tertiary/aromatic N) is 6. The molecule has 2 saturated heterocycles. The molecule has 8 nitrogen and oxygen atoms in total. The minimum absolute atomic E-state index is 0.225. The van der Waals surface area contributed by atoms with Crippen LogP contribution >= 0.6 is 0 Å². The molecule has 0 unspecified atom stereocenters. The van der Waals surface area contributed by atoms with E-state index in [9.17, 15) is 18.0 Å². The lowest BCUT2D eigenvalue weighted by atomic mass is 10.1. The highest BCUT2D eigenvalue weighted by molar-refractivity contribution is 5.94. The van der Waals surface area contributed by atoms with E-state index in [2.05, 4.69) is 31.5 Å². The Bertz CT molecular complexity index is 969. The number of ether oxygens (including phenoxy) is 1. The lowest BCUT2D eigenvalue weighted by molar-refractivity contribution is -0.274. The molecule has 1 amide bonds. The van der Waals surface area contributed by atoms with Crippen molar-refractivity contribution >= 4 is 17.7 Å². The fourth-order valence-corrected chi connectivity index (χ4v) is 3.97. The molecule has 0 bridgehead atoms. The highest BCUT2D eigenvalue weighted by Crippen LogP contribution is 2.24. The van der Waals surface area contributed by atoms with Crippen molar-refractivity contribution in [3.05, 3.63) is 41.6 Å². The molecule has 1 aromatic carbocycles. The van der Waals surface area contributed by atoms with Crippen LogP contribution in [-0.4, -0.2) is 91.4 Å². The van der Waals surface area contributed by atoms with Crippen molar-refractivity contribution in [2.45, 2.75) is 13.3 Å². The molecule has 11 heteroatoms. The van der Waals surface area contributed by atoms with Gasteiger partial charge in [0.15, 0.2) is 0 Å². The van der Waals surface area contributed by atoms with Crippen LogP contribution in [0, 0.1) is 6.92 Å². The molecule has 4 rings (SSSR count). The molecule has 2 fully saturated rings. The Hall–Kier alpha value is -3.08. The van der Waals surface area contributed by atoms with Crippen molar-refractivity contribution in [2.24, 2.45) is 0 Å². The van der Waals surface area contributed by atoms with Gasteiger partial charge in [-0.15, -0.1) is 13.2 Å². The van der Waals surface area contributed by atoms with Crippen LogP contribution in [0.2, 0.25) is 0 Å². The Morgan fingerprint density at radius 3 is 2.12 bits per heavy atom. The van der Waals surface area contributed by atoms with Gasteiger partial charge in [-0.25, -0.2) is 4.98 Å². The highest BCUT2D eigenvalue weighted by atomic mass is 19.4. The molecular formula is C22H27F3N6O2. The molecular weight excluding hydrogens is 437 g/mol. The van der Waals surface area contributed by atoms with Gasteiger partial charge in [-0.1, -0.05) is 0 Å². The average molecular weight is 464 g/mol. The molecule has 2 aromatic rings. The van der Waals surface area contributed by atoms with Crippen LogP contribution in [0.1, 0.15) is 16.1 Å². The zero-order valence-electron chi connectivity index (χ0n) is 18.7. The summed E-state index contributed by atoms with van der Waals surface area (Å²) in [6, 6.07) is 7.00. The molecule has 2 aliphatic heterocycles. The van der Waals surface area contributed by atoms with E-state index in [1.807, 2.05) is 13.0 Å². The smallest absolute Gasteiger partial charge is 0.406 e. The maximum Gasteiger partial charge on any atom is 0.573 e. The predicted octanol–water partition coefficient (Wildman–Crippen LogP) is 2.40. The SMILES string of the molecule is Cc1cc(N2CCN(C)CC2)nc(N2CCN(C(=O)c3ccc(OC(F)(F)F)cc3)CC2)n1. The van der Waals surface area contributed by atoms with Crippen molar-refractivity contribution in [3.63, 3.8) is 0 Å². The van der Waals surface area contributed by atoms with Crippen molar-refractivity contribution < 1.29 is 22.7 Å². The molecule has 0 saturated carbocycles. The van der Waals surface area contributed by atoms with Gasteiger partial charge in [-0.05, 0) is 38.2 Å². The number of piperazine rings is 2. The number of alkyl halides is 3. The first-order valence-electron chi connectivity index (χ1n) is 10.9. The number of rotatable bonds is 4. The molecule has 178 valence electrons. The number of aromatic nitrogens is 2. The first-order chi connectivity index (χ1) is 15.7. The normalized spacial score (nSPS) is 17.9. The van der Waals surface area contributed by atoms with E-state index in [0.717, 1.165) is 49.8 Å². The van der Waals surface area contributed by atoms with Crippen LogP contribution < -0.4 is 14.5 Å². The maximum atomic E-state index is 12.8. The summed E-state index contributed by atoms with van der Waals surface area (Å²) in [7, 11) is 2.11. The van der Waals surface area contributed by atoms with E-state index >= 15 is 0 Å². The van der Waals surface area contributed by atoms with Gasteiger partial charge in [0.1, 0.15) is 11.6 Å². The fourth-order valence-electron chi connectivity index (χ4n) is 3.97. The van der Waals surface area contributed by atoms with Gasteiger partial charge >= 0.3 is 6.36 Å². The van der Waals surface area contributed by atoms with Crippen LogP contribution in [0.4, 0.5) is 24.9 Å². The number of anilines is 2. The van der Waals surface area contributed by atoms with Gasteiger partial charge < -0.3 is 24.3 Å². The Kier molecular flexibility index (Phi) is 6.59. The van der Waals surface area contributed by atoms with Crippen molar-refractivity contribution in [3.8, 4) is 5.75 Å². The average Bonchev–Trinajstić information content (AvgIpc) is 2.78. The molecule has 0 N–H and O–H groups in total. The Morgan fingerprint density at radius 2 is 1.52 bits per heavy atom. The first kappa shape index (κ1) is 23.1. The van der Waals surface area contributed by atoms with Crippen LogP contribution in [0.5, 0.6) is 5.75 Å². The third kappa shape index (κ3) is 5.84. The van der Waals surface area contributed by atoms with Crippen LogP contribution in [-0.2, 0) is 0 Å². The minimum atomic E-state index is -4.76. The number of hydrogen-bond acceptors (Lipinski definition) is 7. The van der Waals surface area contributed by atoms with Crippen molar-refractivity contribution in [1.82, 2.24) is 19.8 Å². The van der Waals surface area contributed by atoms with E-state index < -0.39 is 6.36 Å². The summed E-state index contributed by atoms with van der Waals surface area (Å²) >= 11 is 0. The van der Waals surface area contributed by atoms with Gasteiger partial charge in [-0.3, -0.25) is 4.79 Å². The molecule has 0 radical (unpaired) electrons. The molecule has 2 aliphatic rings. The largest absolute Gasteiger partial charge is 0.573 e. The lowest BCUT2D eigenvalue weighted by Gasteiger charge is -2.36. The van der Waals surface area contributed by atoms with E-state index in [4.69, 9.17) is 4.98 Å². The minimum Gasteiger partial charge on any atom is -0.406 e. The number of aryl methyl sites for hydroxylation is 1. The lowest BCUT2D eigenvalue weighted by Crippen LogP contribution is -2.49. The second kappa shape index (κ2) is 9.42. The molecule has 0 atom stereocenters. The van der Waals surface area contributed by atoms with Gasteiger partial charge in [-0.2, -0.15) is 4.98 Å². The quantitative estimate of drug-likeness (QED) is 0.689. The Labute approximate surface area is 190 Å². The predicted molar refractivity (Wildman–Crippen MR) is 118 cm³/mol. The molecule has 3 heterocycles. The number of hydrogen-bond donors (Lipinski definition) is 0. The summed E-state index contributed by atoms with van der Waals surface area (Å²) in [5, 5.41) is 0. The van der Waals surface area contributed by atoms with E-state index in [0.29, 0.717) is 37.7 Å². The molecule has 0 spiro atoms. The number of carbonyl (C=O) groups excluding carboxylic acids is 1.